The van der Waals surface area contributed by atoms with Crippen LogP contribution in [0.15, 0.2) is 71.3 Å². The van der Waals surface area contributed by atoms with E-state index in [0.717, 1.165) is 17.5 Å². The van der Waals surface area contributed by atoms with Crippen LogP contribution in [0.5, 0.6) is 0 Å². The number of aromatic nitrogens is 2. The van der Waals surface area contributed by atoms with Gasteiger partial charge >= 0.3 is 0 Å². The zero-order valence-electron chi connectivity index (χ0n) is 15.0. The van der Waals surface area contributed by atoms with Crippen molar-refractivity contribution in [2.45, 2.75) is 19.9 Å². The van der Waals surface area contributed by atoms with Gasteiger partial charge in [-0.1, -0.05) is 31.2 Å². The van der Waals surface area contributed by atoms with Crippen LogP contribution in [-0.2, 0) is 13.0 Å². The maximum absolute atomic E-state index is 12.3. The van der Waals surface area contributed by atoms with Gasteiger partial charge in [-0.2, -0.15) is 4.98 Å². The monoisotopic (exact) mass is 357 g/mol. The molecule has 0 aliphatic rings. The molecule has 27 heavy (non-hydrogen) atoms. The third kappa shape index (κ3) is 3.72. The first kappa shape index (κ1) is 17.0. The second-order valence-corrected chi connectivity index (χ2v) is 6.27. The lowest BCUT2D eigenvalue weighted by atomic mass is 10.1. The highest BCUT2D eigenvalue weighted by atomic mass is 16.3. The summed E-state index contributed by atoms with van der Waals surface area (Å²) in [7, 11) is 0. The second kappa shape index (κ2) is 7.41. The lowest BCUT2D eigenvalue weighted by Gasteiger charge is -2.06. The van der Waals surface area contributed by atoms with Crippen molar-refractivity contribution in [3.8, 4) is 11.5 Å². The standard InChI is InChI=1S/C22H19N3O2/c1-2-15-5-9-17(10-6-15)21(26)24-14-16-7-11-18(12-8-16)22-25-20-19(27-22)4-3-13-23-20/h3-13H,2,14H2,1H3,(H,24,26). The largest absolute Gasteiger partial charge is 0.434 e. The quantitative estimate of drug-likeness (QED) is 0.575. The Labute approximate surface area is 157 Å². The Balaban J connectivity index is 1.42. The molecular formula is C22H19N3O2. The number of rotatable bonds is 5. The molecule has 0 aliphatic heterocycles. The van der Waals surface area contributed by atoms with Gasteiger partial charge in [-0.15, -0.1) is 0 Å². The minimum absolute atomic E-state index is 0.0771. The molecule has 0 saturated heterocycles. The number of nitrogens with zero attached hydrogens (tertiary/aromatic N) is 2. The molecule has 0 bridgehead atoms. The molecule has 5 heteroatoms. The number of carbonyl (C=O) groups excluding carboxylic acids is 1. The molecule has 0 saturated carbocycles. The molecular weight excluding hydrogens is 338 g/mol. The molecule has 1 N–H and O–H groups in total. The molecule has 5 nitrogen and oxygen atoms in total. The third-order valence-corrected chi connectivity index (χ3v) is 4.44. The summed E-state index contributed by atoms with van der Waals surface area (Å²) >= 11 is 0. The molecule has 0 fully saturated rings. The molecule has 0 spiro atoms. The molecule has 0 unspecified atom stereocenters. The van der Waals surface area contributed by atoms with Gasteiger partial charge in [0.25, 0.3) is 5.91 Å². The molecule has 2 aromatic heterocycles. The van der Waals surface area contributed by atoms with Crippen molar-refractivity contribution >= 4 is 17.1 Å². The van der Waals surface area contributed by atoms with Crippen molar-refractivity contribution in [3.05, 3.63) is 83.6 Å². The van der Waals surface area contributed by atoms with E-state index in [1.54, 1.807) is 6.20 Å². The van der Waals surface area contributed by atoms with Crippen LogP contribution in [0.3, 0.4) is 0 Å². The van der Waals surface area contributed by atoms with Crippen molar-refractivity contribution in [2.24, 2.45) is 0 Å². The Morgan fingerprint density at radius 3 is 2.44 bits per heavy atom. The van der Waals surface area contributed by atoms with E-state index >= 15 is 0 Å². The van der Waals surface area contributed by atoms with E-state index in [-0.39, 0.29) is 5.91 Å². The number of aryl methyl sites for hydroxylation is 1. The Bertz CT molecular complexity index is 1030. The summed E-state index contributed by atoms with van der Waals surface area (Å²) < 4.78 is 5.73. The van der Waals surface area contributed by atoms with Crippen molar-refractivity contribution in [1.29, 1.82) is 0 Å². The van der Waals surface area contributed by atoms with Crippen molar-refractivity contribution in [3.63, 3.8) is 0 Å². The van der Waals surface area contributed by atoms with Gasteiger partial charge in [0.2, 0.25) is 5.89 Å². The van der Waals surface area contributed by atoms with Gasteiger partial charge in [0.05, 0.1) is 0 Å². The molecule has 0 radical (unpaired) electrons. The fourth-order valence-electron chi connectivity index (χ4n) is 2.83. The van der Waals surface area contributed by atoms with Crippen LogP contribution >= 0.6 is 0 Å². The van der Waals surface area contributed by atoms with Gasteiger partial charge in [0.15, 0.2) is 11.2 Å². The summed E-state index contributed by atoms with van der Waals surface area (Å²) in [6.45, 7) is 2.56. The van der Waals surface area contributed by atoms with Crippen LogP contribution in [0.1, 0.15) is 28.4 Å². The van der Waals surface area contributed by atoms with Crippen LogP contribution in [-0.4, -0.2) is 15.9 Å². The van der Waals surface area contributed by atoms with Gasteiger partial charge in [-0.3, -0.25) is 4.79 Å². The molecule has 0 aliphatic carbocycles. The number of amides is 1. The summed E-state index contributed by atoms with van der Waals surface area (Å²) in [6.07, 6.45) is 2.65. The zero-order chi connectivity index (χ0) is 18.6. The van der Waals surface area contributed by atoms with E-state index in [2.05, 4.69) is 22.2 Å². The number of benzene rings is 2. The van der Waals surface area contributed by atoms with Gasteiger partial charge < -0.3 is 9.73 Å². The maximum Gasteiger partial charge on any atom is 0.251 e. The molecule has 134 valence electrons. The van der Waals surface area contributed by atoms with E-state index in [9.17, 15) is 4.79 Å². The fourth-order valence-corrected chi connectivity index (χ4v) is 2.83. The average molecular weight is 357 g/mol. The zero-order valence-corrected chi connectivity index (χ0v) is 15.0. The Hall–Kier alpha value is -3.47. The minimum Gasteiger partial charge on any atom is -0.434 e. The van der Waals surface area contributed by atoms with Crippen LogP contribution in [0.2, 0.25) is 0 Å². The fraction of sp³-hybridized carbons (Fsp3) is 0.136. The van der Waals surface area contributed by atoms with E-state index in [1.807, 2.05) is 60.7 Å². The Kier molecular flexibility index (Phi) is 4.66. The predicted octanol–water partition coefficient (Wildman–Crippen LogP) is 4.38. The minimum atomic E-state index is -0.0771. The number of hydrogen-bond acceptors (Lipinski definition) is 4. The van der Waals surface area contributed by atoms with Gasteiger partial charge in [0.1, 0.15) is 0 Å². The predicted molar refractivity (Wildman–Crippen MR) is 104 cm³/mol. The maximum atomic E-state index is 12.3. The molecule has 2 aromatic carbocycles. The highest BCUT2D eigenvalue weighted by molar-refractivity contribution is 5.94. The second-order valence-electron chi connectivity index (χ2n) is 6.27. The summed E-state index contributed by atoms with van der Waals surface area (Å²) in [5.41, 5.74) is 5.03. The molecule has 1 amide bonds. The van der Waals surface area contributed by atoms with Crippen LogP contribution in [0, 0.1) is 0 Å². The number of oxazole rings is 1. The first-order valence-corrected chi connectivity index (χ1v) is 8.91. The average Bonchev–Trinajstić information content (AvgIpc) is 3.17. The Morgan fingerprint density at radius 2 is 1.74 bits per heavy atom. The molecule has 0 atom stereocenters. The number of fused-ring (bicyclic) bond motifs is 1. The van der Waals surface area contributed by atoms with Crippen LogP contribution < -0.4 is 5.32 Å². The van der Waals surface area contributed by atoms with E-state index in [4.69, 9.17) is 4.42 Å². The van der Waals surface area contributed by atoms with E-state index in [0.29, 0.717) is 29.2 Å². The van der Waals surface area contributed by atoms with E-state index < -0.39 is 0 Å². The first-order valence-electron chi connectivity index (χ1n) is 8.91. The van der Waals surface area contributed by atoms with Crippen molar-refractivity contribution < 1.29 is 9.21 Å². The van der Waals surface area contributed by atoms with Crippen molar-refractivity contribution in [2.75, 3.05) is 0 Å². The number of hydrogen-bond donors (Lipinski definition) is 1. The number of pyridine rings is 1. The highest BCUT2D eigenvalue weighted by Gasteiger charge is 2.09. The number of carbonyl (C=O) groups is 1. The van der Waals surface area contributed by atoms with Gasteiger partial charge in [-0.05, 0) is 53.9 Å². The van der Waals surface area contributed by atoms with Gasteiger partial charge in [0, 0.05) is 23.9 Å². The summed E-state index contributed by atoms with van der Waals surface area (Å²) in [5, 5.41) is 2.95. The van der Waals surface area contributed by atoms with Crippen LogP contribution in [0.25, 0.3) is 22.7 Å². The lowest BCUT2D eigenvalue weighted by molar-refractivity contribution is 0.0951. The normalized spacial score (nSPS) is 10.9. The first-order chi connectivity index (χ1) is 13.2. The molecule has 4 rings (SSSR count). The highest BCUT2D eigenvalue weighted by Crippen LogP contribution is 2.23. The lowest BCUT2D eigenvalue weighted by Crippen LogP contribution is -2.22. The summed E-state index contributed by atoms with van der Waals surface area (Å²) in [6, 6.07) is 19.1. The SMILES string of the molecule is CCc1ccc(C(=O)NCc2ccc(-c3nc4ncccc4o3)cc2)cc1. The smallest absolute Gasteiger partial charge is 0.251 e. The molecule has 4 aromatic rings. The topological polar surface area (TPSA) is 68.0 Å². The summed E-state index contributed by atoms with van der Waals surface area (Å²) in [5.74, 6) is 0.460. The van der Waals surface area contributed by atoms with E-state index in [1.165, 1.54) is 5.56 Å². The Morgan fingerprint density at radius 1 is 1.00 bits per heavy atom. The number of nitrogens with one attached hydrogen (secondary N) is 1. The third-order valence-electron chi connectivity index (χ3n) is 4.44. The van der Waals surface area contributed by atoms with Crippen molar-refractivity contribution in [1.82, 2.24) is 15.3 Å². The molecule has 2 heterocycles. The van der Waals surface area contributed by atoms with Crippen LogP contribution in [0.4, 0.5) is 0 Å². The summed E-state index contributed by atoms with van der Waals surface area (Å²) in [4.78, 5) is 20.8. The van der Waals surface area contributed by atoms with Gasteiger partial charge in [-0.25, -0.2) is 4.98 Å².